The molecule has 1 aromatic rings. The smallest absolute Gasteiger partial charge is 0.159 e. The Labute approximate surface area is 87.5 Å². The molecule has 4 heteroatoms. The van der Waals surface area contributed by atoms with Gasteiger partial charge in [-0.25, -0.2) is 8.78 Å². The molecule has 0 radical (unpaired) electrons. The number of nitriles is 1. The summed E-state index contributed by atoms with van der Waals surface area (Å²) in [6.07, 6.45) is 0.393. The first-order chi connectivity index (χ1) is 7.13. The minimum Gasteiger partial charge on any atom is -0.309 e. The number of hydrogen-bond donors (Lipinski definition) is 1. The maximum Gasteiger partial charge on any atom is 0.159 e. The Bertz CT molecular complexity index is 371. The van der Waals surface area contributed by atoms with Gasteiger partial charge in [0.15, 0.2) is 11.6 Å². The van der Waals surface area contributed by atoms with Crippen LogP contribution in [0.2, 0.25) is 0 Å². The topological polar surface area (TPSA) is 35.8 Å². The largest absolute Gasteiger partial charge is 0.309 e. The normalized spacial score (nSPS) is 12.1. The lowest BCUT2D eigenvalue weighted by Gasteiger charge is -2.09. The third-order valence-corrected chi connectivity index (χ3v) is 2.04. The molecule has 1 unspecified atom stereocenters. The number of rotatable bonds is 4. The predicted octanol–water partition coefficient (Wildman–Crippen LogP) is 2.36. The highest BCUT2D eigenvalue weighted by atomic mass is 19.2. The molecule has 0 aliphatic carbocycles. The molecule has 1 aromatic carbocycles. The minimum absolute atomic E-state index is 0.0446. The molecule has 15 heavy (non-hydrogen) atoms. The van der Waals surface area contributed by atoms with Crippen molar-refractivity contribution in [2.75, 3.05) is 0 Å². The van der Waals surface area contributed by atoms with Gasteiger partial charge >= 0.3 is 0 Å². The van der Waals surface area contributed by atoms with E-state index in [2.05, 4.69) is 5.32 Å². The van der Waals surface area contributed by atoms with Gasteiger partial charge in [0, 0.05) is 12.6 Å². The molecule has 80 valence electrons. The average Bonchev–Trinajstić information content (AvgIpc) is 2.20. The second-order valence-electron chi connectivity index (χ2n) is 3.39. The quantitative estimate of drug-likeness (QED) is 0.828. The van der Waals surface area contributed by atoms with Crippen molar-refractivity contribution in [3.8, 4) is 6.07 Å². The monoisotopic (exact) mass is 210 g/mol. The fourth-order valence-corrected chi connectivity index (χ4v) is 1.15. The van der Waals surface area contributed by atoms with Crippen LogP contribution < -0.4 is 5.32 Å². The van der Waals surface area contributed by atoms with Gasteiger partial charge in [0.05, 0.1) is 12.5 Å². The molecule has 0 fully saturated rings. The summed E-state index contributed by atoms with van der Waals surface area (Å²) < 4.78 is 25.4. The van der Waals surface area contributed by atoms with E-state index in [-0.39, 0.29) is 6.04 Å². The number of benzene rings is 1. The van der Waals surface area contributed by atoms with Gasteiger partial charge in [0.25, 0.3) is 0 Å². The summed E-state index contributed by atoms with van der Waals surface area (Å²) in [6, 6.07) is 5.84. The van der Waals surface area contributed by atoms with Crippen LogP contribution in [-0.2, 0) is 6.54 Å². The molecule has 0 saturated heterocycles. The van der Waals surface area contributed by atoms with E-state index in [0.29, 0.717) is 18.5 Å². The Hall–Kier alpha value is -1.47. The third-order valence-electron chi connectivity index (χ3n) is 2.04. The Morgan fingerprint density at radius 2 is 2.13 bits per heavy atom. The summed E-state index contributed by atoms with van der Waals surface area (Å²) in [5.41, 5.74) is 0.665. The highest BCUT2D eigenvalue weighted by Crippen LogP contribution is 2.08. The van der Waals surface area contributed by atoms with Crippen molar-refractivity contribution in [3.05, 3.63) is 35.4 Å². The van der Waals surface area contributed by atoms with Crippen LogP contribution >= 0.6 is 0 Å². The number of nitrogens with zero attached hydrogens (tertiary/aromatic N) is 1. The standard InChI is InChI=1S/C11H12F2N2/c1-8(4-5-14)15-7-9-2-3-10(12)11(13)6-9/h2-3,6,8,15H,4,7H2,1H3. The fraction of sp³-hybridized carbons (Fsp3) is 0.364. The van der Waals surface area contributed by atoms with Gasteiger partial charge in [-0.15, -0.1) is 0 Å². The first-order valence-electron chi connectivity index (χ1n) is 4.67. The minimum atomic E-state index is -0.845. The van der Waals surface area contributed by atoms with Crippen molar-refractivity contribution in [1.82, 2.24) is 5.32 Å². The van der Waals surface area contributed by atoms with E-state index in [1.807, 2.05) is 13.0 Å². The second-order valence-corrected chi connectivity index (χ2v) is 3.39. The molecule has 1 atom stereocenters. The Kier molecular flexibility index (Phi) is 4.19. The van der Waals surface area contributed by atoms with Crippen LogP contribution in [0.5, 0.6) is 0 Å². The molecule has 1 N–H and O–H groups in total. The van der Waals surface area contributed by atoms with E-state index < -0.39 is 11.6 Å². The van der Waals surface area contributed by atoms with Crippen molar-refractivity contribution < 1.29 is 8.78 Å². The van der Waals surface area contributed by atoms with Crippen LogP contribution in [0.3, 0.4) is 0 Å². The van der Waals surface area contributed by atoms with Gasteiger partial charge in [-0.3, -0.25) is 0 Å². The average molecular weight is 210 g/mol. The first-order valence-corrected chi connectivity index (χ1v) is 4.67. The molecule has 0 aliphatic rings. The van der Waals surface area contributed by atoms with Gasteiger partial charge in [-0.1, -0.05) is 6.07 Å². The third kappa shape index (κ3) is 3.64. The van der Waals surface area contributed by atoms with Gasteiger partial charge in [-0.05, 0) is 24.6 Å². The zero-order valence-corrected chi connectivity index (χ0v) is 8.43. The maximum absolute atomic E-state index is 12.8. The maximum atomic E-state index is 12.8. The molecule has 0 heterocycles. The van der Waals surface area contributed by atoms with Gasteiger partial charge in [0.1, 0.15) is 0 Å². The molecule has 0 aromatic heterocycles. The summed E-state index contributed by atoms with van der Waals surface area (Å²) >= 11 is 0. The lowest BCUT2D eigenvalue weighted by atomic mass is 10.2. The molecule has 0 spiro atoms. The Morgan fingerprint density at radius 1 is 1.40 bits per heavy atom. The lowest BCUT2D eigenvalue weighted by molar-refractivity contribution is 0.503. The van der Waals surface area contributed by atoms with Crippen LogP contribution in [0.4, 0.5) is 8.78 Å². The first kappa shape index (κ1) is 11.6. The summed E-state index contributed by atoms with van der Waals surface area (Å²) in [6.45, 7) is 2.29. The highest BCUT2D eigenvalue weighted by molar-refractivity contribution is 5.17. The summed E-state index contributed by atoms with van der Waals surface area (Å²) in [5, 5.41) is 11.4. The fourth-order valence-electron chi connectivity index (χ4n) is 1.15. The number of hydrogen-bond acceptors (Lipinski definition) is 2. The van der Waals surface area contributed by atoms with E-state index in [9.17, 15) is 8.78 Å². The summed E-state index contributed by atoms with van der Waals surface area (Å²) in [4.78, 5) is 0. The van der Waals surface area contributed by atoms with E-state index in [1.54, 1.807) is 0 Å². The molecular weight excluding hydrogens is 198 g/mol. The number of halogens is 2. The Morgan fingerprint density at radius 3 is 2.73 bits per heavy atom. The second kappa shape index (κ2) is 5.42. The van der Waals surface area contributed by atoms with Gasteiger partial charge < -0.3 is 5.32 Å². The zero-order valence-electron chi connectivity index (χ0n) is 8.43. The van der Waals surface area contributed by atoms with Gasteiger partial charge in [0.2, 0.25) is 0 Å². The zero-order chi connectivity index (χ0) is 11.3. The van der Waals surface area contributed by atoms with Crippen LogP contribution in [-0.4, -0.2) is 6.04 Å². The van der Waals surface area contributed by atoms with Crippen LogP contribution in [0.1, 0.15) is 18.9 Å². The van der Waals surface area contributed by atoms with Crippen LogP contribution in [0.25, 0.3) is 0 Å². The molecule has 2 nitrogen and oxygen atoms in total. The van der Waals surface area contributed by atoms with Crippen molar-refractivity contribution >= 4 is 0 Å². The summed E-state index contributed by atoms with van der Waals surface area (Å²) in [7, 11) is 0. The summed E-state index contributed by atoms with van der Waals surface area (Å²) in [5.74, 6) is -1.69. The van der Waals surface area contributed by atoms with Crippen molar-refractivity contribution in [2.24, 2.45) is 0 Å². The molecule has 1 rings (SSSR count). The van der Waals surface area contributed by atoms with Crippen LogP contribution in [0, 0.1) is 23.0 Å². The van der Waals surface area contributed by atoms with Crippen molar-refractivity contribution in [2.45, 2.75) is 25.9 Å². The molecular formula is C11H12F2N2. The van der Waals surface area contributed by atoms with E-state index in [4.69, 9.17) is 5.26 Å². The molecule has 0 aliphatic heterocycles. The molecule has 0 bridgehead atoms. The highest BCUT2D eigenvalue weighted by Gasteiger charge is 2.04. The van der Waals surface area contributed by atoms with Crippen molar-refractivity contribution in [1.29, 1.82) is 5.26 Å². The van der Waals surface area contributed by atoms with Crippen LogP contribution in [0.15, 0.2) is 18.2 Å². The predicted molar refractivity (Wildman–Crippen MR) is 52.9 cm³/mol. The van der Waals surface area contributed by atoms with E-state index >= 15 is 0 Å². The number of nitrogens with one attached hydrogen (secondary N) is 1. The SMILES string of the molecule is CC(CC#N)NCc1ccc(F)c(F)c1. The van der Waals surface area contributed by atoms with E-state index in [0.717, 1.165) is 12.1 Å². The van der Waals surface area contributed by atoms with Gasteiger partial charge in [-0.2, -0.15) is 5.26 Å². The van der Waals surface area contributed by atoms with E-state index in [1.165, 1.54) is 6.07 Å². The lowest BCUT2D eigenvalue weighted by Crippen LogP contribution is -2.24. The van der Waals surface area contributed by atoms with Crippen molar-refractivity contribution in [3.63, 3.8) is 0 Å². The molecule has 0 amide bonds. The Balaban J connectivity index is 2.51. The molecule has 0 saturated carbocycles.